The van der Waals surface area contributed by atoms with Gasteiger partial charge < -0.3 is 0 Å². The number of nitrogens with zero attached hydrogens (tertiary/aromatic N) is 1. The number of aryl methyl sites for hydroxylation is 2. The van der Waals surface area contributed by atoms with Crippen LogP contribution in [0.1, 0.15) is 18.2 Å². The maximum absolute atomic E-state index is 8.59. The monoisotopic (exact) mass is 339 g/mol. The molecule has 128 valence electrons. The van der Waals surface area contributed by atoms with Crippen molar-refractivity contribution >= 4 is 10.8 Å². The Balaban J connectivity index is 2.06. The van der Waals surface area contributed by atoms with Crippen LogP contribution in [0.4, 0.5) is 0 Å². The molecule has 0 saturated heterocycles. The summed E-state index contributed by atoms with van der Waals surface area (Å²) < 4.78 is 10.8. The summed E-state index contributed by atoms with van der Waals surface area (Å²) in [4.78, 5) is 0. The molecule has 0 bridgehead atoms. The molecule has 0 radical (unpaired) electrons. The Kier molecular flexibility index (Phi) is 3.79. The van der Waals surface area contributed by atoms with E-state index >= 15 is 0 Å². The summed E-state index contributed by atoms with van der Waals surface area (Å²) in [5, 5.41) is 2.15. The molecule has 0 aliphatic heterocycles. The first-order valence-electron chi connectivity index (χ1n) is 9.53. The van der Waals surface area contributed by atoms with Gasteiger partial charge in [-0.05, 0) is 48.1 Å². The minimum atomic E-state index is 0.608. The van der Waals surface area contributed by atoms with Crippen molar-refractivity contribution in [2.45, 2.75) is 20.8 Å². The van der Waals surface area contributed by atoms with Crippen molar-refractivity contribution in [3.63, 3.8) is 0 Å². The van der Waals surface area contributed by atoms with Crippen molar-refractivity contribution in [2.75, 3.05) is 0 Å². The van der Waals surface area contributed by atoms with Gasteiger partial charge in [0.1, 0.15) is 7.05 Å². The number of rotatable bonds is 2. The van der Waals surface area contributed by atoms with Gasteiger partial charge in [-0.3, -0.25) is 0 Å². The fraction of sp³-hybridized carbons (Fsp3) is 0.160. The molecule has 0 spiro atoms. The number of pyridine rings is 1. The van der Waals surface area contributed by atoms with Gasteiger partial charge in [0.05, 0.1) is 12.3 Å². The molecular formula is C25H24N+. The van der Waals surface area contributed by atoms with Crippen LogP contribution in [0.3, 0.4) is 0 Å². The van der Waals surface area contributed by atoms with Crippen LogP contribution in [-0.2, 0) is 7.05 Å². The number of fused-ring (bicyclic) bond motifs is 1. The third-order valence-electron chi connectivity index (χ3n) is 5.18. The number of benzene rings is 3. The van der Waals surface area contributed by atoms with E-state index in [4.69, 9.17) is 1.37 Å². The second-order valence-electron chi connectivity index (χ2n) is 7.06. The molecule has 3 aromatic carbocycles. The van der Waals surface area contributed by atoms with Gasteiger partial charge >= 0.3 is 0 Å². The Labute approximate surface area is 157 Å². The van der Waals surface area contributed by atoms with E-state index in [9.17, 15) is 0 Å². The van der Waals surface area contributed by atoms with E-state index in [1.54, 1.807) is 0 Å². The lowest BCUT2D eigenvalue weighted by atomic mass is 9.94. The fourth-order valence-electron chi connectivity index (χ4n) is 3.61. The van der Waals surface area contributed by atoms with Gasteiger partial charge in [0.2, 0.25) is 5.69 Å². The van der Waals surface area contributed by atoms with Gasteiger partial charge in [0.15, 0.2) is 5.69 Å². The molecule has 1 nitrogen and oxygen atoms in total. The zero-order chi connectivity index (χ0) is 19.1. The van der Waals surface area contributed by atoms with Gasteiger partial charge in [0.25, 0.3) is 0 Å². The van der Waals surface area contributed by atoms with Crippen molar-refractivity contribution in [2.24, 2.45) is 7.05 Å². The summed E-state index contributed by atoms with van der Waals surface area (Å²) in [6, 6.07) is 24.2. The summed E-state index contributed by atoms with van der Waals surface area (Å²) in [6.45, 7) is 6.28. The Morgan fingerprint density at radius 1 is 0.808 bits per heavy atom. The van der Waals surface area contributed by atoms with Crippen molar-refractivity contribution in [3.8, 4) is 22.4 Å². The van der Waals surface area contributed by atoms with Crippen LogP contribution < -0.4 is 4.57 Å². The zero-order valence-corrected chi connectivity index (χ0v) is 15.8. The second kappa shape index (κ2) is 6.42. The largest absolute Gasteiger partial charge is 0.220 e. The molecule has 0 aliphatic rings. The van der Waals surface area contributed by atoms with E-state index in [2.05, 4.69) is 86.1 Å². The molecule has 0 aliphatic carbocycles. The standard InChI is InChI=1S/C25H24N/c1-17-10-13-23-22(14-17)15-19(3)26(4)25(23)24-16-21(12-11-18(24)2)20-8-6-5-7-9-20/h5-16H,1-4H3/q+1/i15D. The van der Waals surface area contributed by atoms with Gasteiger partial charge in [-0.2, -0.15) is 4.57 Å². The van der Waals surface area contributed by atoms with Crippen LogP contribution in [0.5, 0.6) is 0 Å². The van der Waals surface area contributed by atoms with Crippen LogP contribution in [0.2, 0.25) is 0 Å². The Bertz CT molecular complexity index is 1160. The van der Waals surface area contributed by atoms with Gasteiger partial charge in [-0.15, -0.1) is 0 Å². The van der Waals surface area contributed by atoms with Crippen LogP contribution in [0.25, 0.3) is 33.2 Å². The minimum Gasteiger partial charge on any atom is -0.198 e. The molecule has 0 saturated carbocycles. The van der Waals surface area contributed by atoms with E-state index < -0.39 is 0 Å². The third kappa shape index (κ3) is 2.80. The van der Waals surface area contributed by atoms with Gasteiger partial charge in [0, 0.05) is 13.0 Å². The average Bonchev–Trinajstić information content (AvgIpc) is 2.69. The van der Waals surface area contributed by atoms with Crippen molar-refractivity contribution < 1.29 is 5.94 Å². The SMILES string of the molecule is [2H]c1c(C)[n+](C)c(-c2cc(-c3ccccc3)ccc2C)c2ccc(C)cc12. The first-order valence-corrected chi connectivity index (χ1v) is 9.03. The quantitative estimate of drug-likeness (QED) is 0.399. The summed E-state index contributed by atoms with van der Waals surface area (Å²) in [5.41, 5.74) is 8.23. The average molecular weight is 339 g/mol. The fourth-order valence-corrected chi connectivity index (χ4v) is 3.61. The molecule has 0 atom stereocenters. The highest BCUT2D eigenvalue weighted by Crippen LogP contribution is 2.32. The zero-order valence-electron chi connectivity index (χ0n) is 16.8. The number of hydrogen-bond acceptors (Lipinski definition) is 0. The second-order valence-corrected chi connectivity index (χ2v) is 7.06. The molecule has 4 aromatic rings. The van der Waals surface area contributed by atoms with Crippen LogP contribution in [0, 0.1) is 20.8 Å². The van der Waals surface area contributed by atoms with Crippen LogP contribution >= 0.6 is 0 Å². The Morgan fingerprint density at radius 3 is 2.35 bits per heavy atom. The predicted octanol–water partition coefficient (Wildman–Crippen LogP) is 5.92. The van der Waals surface area contributed by atoms with Gasteiger partial charge in [-0.1, -0.05) is 60.2 Å². The van der Waals surface area contributed by atoms with Crippen molar-refractivity contribution in [3.05, 3.63) is 89.6 Å². The molecule has 1 heteroatoms. The lowest BCUT2D eigenvalue weighted by molar-refractivity contribution is -0.665. The molecule has 1 aromatic heterocycles. The maximum Gasteiger partial charge on any atom is 0.220 e. The van der Waals surface area contributed by atoms with E-state index in [0.29, 0.717) is 6.04 Å². The molecular weight excluding hydrogens is 314 g/mol. The Morgan fingerprint density at radius 2 is 1.58 bits per heavy atom. The van der Waals surface area contributed by atoms with E-state index in [1.165, 1.54) is 33.5 Å². The summed E-state index contributed by atoms with van der Waals surface area (Å²) in [6.07, 6.45) is 0. The van der Waals surface area contributed by atoms with E-state index in [0.717, 1.165) is 16.5 Å². The van der Waals surface area contributed by atoms with Crippen LogP contribution in [0.15, 0.2) is 72.8 Å². The smallest absolute Gasteiger partial charge is 0.198 e. The van der Waals surface area contributed by atoms with Gasteiger partial charge in [-0.25, -0.2) is 0 Å². The molecule has 0 N–H and O–H groups in total. The van der Waals surface area contributed by atoms with Crippen molar-refractivity contribution in [1.29, 1.82) is 0 Å². The number of hydrogen-bond donors (Lipinski definition) is 0. The van der Waals surface area contributed by atoms with Crippen molar-refractivity contribution in [1.82, 2.24) is 0 Å². The summed E-state index contributed by atoms with van der Waals surface area (Å²) in [7, 11) is 2.07. The highest BCUT2D eigenvalue weighted by atomic mass is 14.9. The van der Waals surface area contributed by atoms with E-state index in [1.807, 2.05) is 13.0 Å². The summed E-state index contributed by atoms with van der Waals surface area (Å²) in [5.74, 6) is 0. The first-order chi connectivity index (χ1) is 13.0. The number of aromatic nitrogens is 1. The molecule has 4 rings (SSSR count). The first kappa shape index (κ1) is 15.3. The molecule has 0 amide bonds. The minimum absolute atomic E-state index is 0.608. The molecule has 26 heavy (non-hydrogen) atoms. The maximum atomic E-state index is 8.59. The van der Waals surface area contributed by atoms with E-state index in [-0.39, 0.29) is 0 Å². The lowest BCUT2D eigenvalue weighted by Crippen LogP contribution is -2.35. The lowest BCUT2D eigenvalue weighted by Gasteiger charge is -2.12. The molecule has 0 fully saturated rings. The predicted molar refractivity (Wildman–Crippen MR) is 110 cm³/mol. The topological polar surface area (TPSA) is 3.88 Å². The molecule has 0 unspecified atom stereocenters. The summed E-state index contributed by atoms with van der Waals surface area (Å²) >= 11 is 0. The normalized spacial score (nSPS) is 11.6. The highest BCUT2D eigenvalue weighted by molar-refractivity contribution is 5.95. The Hall–Kier alpha value is -2.93. The highest BCUT2D eigenvalue weighted by Gasteiger charge is 2.20. The van der Waals surface area contributed by atoms with Crippen LogP contribution in [-0.4, -0.2) is 0 Å². The third-order valence-corrected chi connectivity index (χ3v) is 5.18. The molecule has 1 heterocycles.